The van der Waals surface area contributed by atoms with E-state index < -0.39 is 0 Å². The number of carbonyl (C=O) groups is 2. The fourth-order valence-electron chi connectivity index (χ4n) is 2.89. The Morgan fingerprint density at radius 1 is 1.15 bits per heavy atom. The molecule has 132 valence electrons. The van der Waals surface area contributed by atoms with Gasteiger partial charge in [0.25, 0.3) is 5.91 Å². The molecule has 0 atom stereocenters. The molecule has 0 fully saturated rings. The molecule has 1 heterocycles. The molecule has 3 rings (SSSR count). The Hall–Kier alpha value is -3.33. The van der Waals surface area contributed by atoms with Crippen LogP contribution < -0.4 is 9.64 Å². The number of benzene rings is 2. The van der Waals surface area contributed by atoms with Crippen LogP contribution in [0.15, 0.2) is 54.6 Å². The van der Waals surface area contributed by atoms with Crippen molar-refractivity contribution in [2.45, 2.75) is 13.0 Å². The normalized spacial score (nSPS) is 12.7. The lowest BCUT2D eigenvalue weighted by Crippen LogP contribution is -2.41. The van der Waals surface area contributed by atoms with Gasteiger partial charge in [-0.3, -0.25) is 9.59 Å². The van der Waals surface area contributed by atoms with Gasteiger partial charge in [-0.15, -0.1) is 0 Å². The molecule has 2 aromatic carbocycles. The number of amides is 2. The average molecular weight is 349 g/mol. The number of fused-ring (bicyclic) bond motifs is 1. The summed E-state index contributed by atoms with van der Waals surface area (Å²) in [5.41, 5.74) is 1.63. The zero-order valence-electron chi connectivity index (χ0n) is 14.3. The van der Waals surface area contributed by atoms with E-state index in [-0.39, 0.29) is 37.9 Å². The predicted molar refractivity (Wildman–Crippen MR) is 96.4 cm³/mol. The Kier molecular flexibility index (Phi) is 5.49. The standard InChI is InChI=1S/C20H19N3O3/c21-11-13-22(14-16-6-2-1-3-7-16)19(24)10-12-23-17-8-4-5-9-18(17)26-15-20(23)25/h1-9H,10,12-15H2. The second-order valence-corrected chi connectivity index (χ2v) is 5.95. The minimum absolute atomic E-state index is 0.0153. The Morgan fingerprint density at radius 3 is 2.65 bits per heavy atom. The molecule has 6 heteroatoms. The van der Waals surface area contributed by atoms with Gasteiger partial charge in [0.2, 0.25) is 5.91 Å². The van der Waals surface area contributed by atoms with E-state index >= 15 is 0 Å². The maximum Gasteiger partial charge on any atom is 0.265 e. The lowest BCUT2D eigenvalue weighted by atomic mass is 10.2. The van der Waals surface area contributed by atoms with Gasteiger partial charge in [-0.2, -0.15) is 5.26 Å². The largest absolute Gasteiger partial charge is 0.482 e. The summed E-state index contributed by atoms with van der Waals surface area (Å²) in [6, 6.07) is 18.8. The second kappa shape index (κ2) is 8.17. The van der Waals surface area contributed by atoms with Gasteiger partial charge in [-0.1, -0.05) is 42.5 Å². The monoisotopic (exact) mass is 349 g/mol. The van der Waals surface area contributed by atoms with Crippen molar-refractivity contribution >= 4 is 17.5 Å². The van der Waals surface area contributed by atoms with Crippen LogP contribution in [0.2, 0.25) is 0 Å². The van der Waals surface area contributed by atoms with Crippen molar-refractivity contribution in [3.05, 3.63) is 60.2 Å². The third-order valence-electron chi connectivity index (χ3n) is 4.19. The number of hydrogen-bond donors (Lipinski definition) is 0. The summed E-state index contributed by atoms with van der Waals surface area (Å²) in [6.07, 6.45) is 0.147. The van der Waals surface area contributed by atoms with Crippen LogP contribution in [0, 0.1) is 11.3 Å². The molecule has 0 spiro atoms. The number of hydrogen-bond acceptors (Lipinski definition) is 4. The molecule has 2 aromatic rings. The van der Waals surface area contributed by atoms with Crippen LogP contribution in [0.1, 0.15) is 12.0 Å². The maximum absolute atomic E-state index is 12.6. The van der Waals surface area contributed by atoms with Crippen molar-refractivity contribution in [3.63, 3.8) is 0 Å². The molecule has 0 saturated carbocycles. The molecule has 1 aliphatic heterocycles. The van der Waals surface area contributed by atoms with Gasteiger partial charge in [0.15, 0.2) is 6.61 Å². The summed E-state index contributed by atoms with van der Waals surface area (Å²) in [4.78, 5) is 27.9. The molecule has 2 amide bonds. The van der Waals surface area contributed by atoms with Gasteiger partial charge in [0, 0.05) is 19.5 Å². The lowest BCUT2D eigenvalue weighted by molar-refractivity contribution is -0.131. The highest BCUT2D eigenvalue weighted by Gasteiger charge is 2.26. The van der Waals surface area contributed by atoms with Crippen molar-refractivity contribution in [2.75, 3.05) is 24.6 Å². The summed E-state index contributed by atoms with van der Waals surface area (Å²) in [7, 11) is 0. The minimum Gasteiger partial charge on any atom is -0.482 e. The van der Waals surface area contributed by atoms with E-state index in [1.807, 2.05) is 48.5 Å². The third-order valence-corrected chi connectivity index (χ3v) is 4.19. The maximum atomic E-state index is 12.6. The van der Waals surface area contributed by atoms with Crippen molar-refractivity contribution in [3.8, 4) is 11.8 Å². The topological polar surface area (TPSA) is 73.6 Å². The zero-order chi connectivity index (χ0) is 18.4. The summed E-state index contributed by atoms with van der Waals surface area (Å²) in [5, 5.41) is 9.03. The summed E-state index contributed by atoms with van der Waals surface area (Å²) in [6.45, 7) is 0.619. The molecule has 1 aliphatic rings. The van der Waals surface area contributed by atoms with Gasteiger partial charge in [0.1, 0.15) is 12.3 Å². The highest BCUT2D eigenvalue weighted by molar-refractivity contribution is 5.98. The molecule has 0 radical (unpaired) electrons. The number of carbonyl (C=O) groups excluding carboxylic acids is 2. The molecular weight excluding hydrogens is 330 g/mol. The summed E-state index contributed by atoms with van der Waals surface area (Å²) in [5.74, 6) is 0.302. The van der Waals surface area contributed by atoms with Crippen molar-refractivity contribution < 1.29 is 14.3 Å². The number of rotatable bonds is 6. The van der Waals surface area contributed by atoms with Crippen molar-refractivity contribution in [1.82, 2.24) is 4.90 Å². The highest BCUT2D eigenvalue weighted by atomic mass is 16.5. The van der Waals surface area contributed by atoms with Gasteiger partial charge >= 0.3 is 0 Å². The van der Waals surface area contributed by atoms with Crippen LogP contribution in [0.4, 0.5) is 5.69 Å². The second-order valence-electron chi connectivity index (χ2n) is 5.95. The molecule has 0 saturated heterocycles. The first kappa shape index (κ1) is 17.5. The van der Waals surface area contributed by atoms with Gasteiger partial charge in [-0.25, -0.2) is 0 Å². The van der Waals surface area contributed by atoms with Gasteiger partial charge in [0.05, 0.1) is 11.8 Å². The van der Waals surface area contributed by atoms with E-state index in [4.69, 9.17) is 10.00 Å². The van der Waals surface area contributed by atoms with Crippen LogP contribution in [0.3, 0.4) is 0 Å². The Labute approximate surface area is 152 Å². The van der Waals surface area contributed by atoms with E-state index in [2.05, 4.69) is 0 Å². The zero-order valence-corrected chi connectivity index (χ0v) is 14.3. The molecule has 6 nitrogen and oxygen atoms in total. The van der Waals surface area contributed by atoms with Crippen molar-refractivity contribution in [2.24, 2.45) is 0 Å². The molecular formula is C20H19N3O3. The Bertz CT molecular complexity index is 830. The lowest BCUT2D eigenvalue weighted by Gasteiger charge is -2.30. The fraction of sp³-hybridized carbons (Fsp3) is 0.250. The molecule has 0 aliphatic carbocycles. The number of nitrogens with zero attached hydrogens (tertiary/aromatic N) is 3. The first-order chi connectivity index (χ1) is 12.7. The fourth-order valence-corrected chi connectivity index (χ4v) is 2.89. The average Bonchev–Trinajstić information content (AvgIpc) is 2.67. The molecule has 0 aromatic heterocycles. The predicted octanol–water partition coefficient (Wildman–Crippen LogP) is 2.35. The van der Waals surface area contributed by atoms with Crippen molar-refractivity contribution in [1.29, 1.82) is 5.26 Å². The van der Waals surface area contributed by atoms with Crippen LogP contribution in [0.25, 0.3) is 0 Å². The Morgan fingerprint density at radius 2 is 1.88 bits per heavy atom. The third kappa shape index (κ3) is 4.01. The van der Waals surface area contributed by atoms with Crippen LogP contribution in [-0.2, 0) is 16.1 Å². The van der Waals surface area contributed by atoms with Gasteiger partial charge in [-0.05, 0) is 17.7 Å². The van der Waals surface area contributed by atoms with E-state index in [0.717, 1.165) is 5.56 Å². The van der Waals surface area contributed by atoms with E-state index in [1.54, 1.807) is 17.0 Å². The van der Waals surface area contributed by atoms with Crippen LogP contribution in [0.5, 0.6) is 5.75 Å². The molecule has 26 heavy (non-hydrogen) atoms. The quantitative estimate of drug-likeness (QED) is 0.751. The first-order valence-corrected chi connectivity index (χ1v) is 8.40. The SMILES string of the molecule is N#CCN(Cc1ccccc1)C(=O)CCN1C(=O)COc2ccccc21. The highest BCUT2D eigenvalue weighted by Crippen LogP contribution is 2.31. The minimum atomic E-state index is -0.175. The molecule has 0 N–H and O–H groups in total. The summed E-state index contributed by atoms with van der Waals surface area (Å²) < 4.78 is 5.41. The smallest absolute Gasteiger partial charge is 0.265 e. The summed E-state index contributed by atoms with van der Waals surface area (Å²) >= 11 is 0. The van der Waals surface area contributed by atoms with E-state index in [1.165, 1.54) is 4.90 Å². The number of para-hydroxylation sites is 2. The number of ether oxygens (including phenoxy) is 1. The van der Waals surface area contributed by atoms with Crippen LogP contribution >= 0.6 is 0 Å². The first-order valence-electron chi connectivity index (χ1n) is 8.40. The Balaban J connectivity index is 1.67. The number of nitriles is 1. The van der Waals surface area contributed by atoms with E-state index in [9.17, 15) is 9.59 Å². The van der Waals surface area contributed by atoms with Gasteiger partial charge < -0.3 is 14.5 Å². The number of anilines is 1. The van der Waals surface area contributed by atoms with E-state index in [0.29, 0.717) is 18.0 Å². The molecule has 0 bridgehead atoms. The molecule has 0 unspecified atom stereocenters. The van der Waals surface area contributed by atoms with Crippen LogP contribution in [-0.4, -0.2) is 36.4 Å².